The van der Waals surface area contributed by atoms with Crippen LogP contribution < -0.4 is 0 Å². The maximum atomic E-state index is 8.69. The van der Waals surface area contributed by atoms with E-state index in [9.17, 15) is 0 Å². The molecule has 1 fully saturated rings. The lowest BCUT2D eigenvalue weighted by molar-refractivity contribution is -0.174. The van der Waals surface area contributed by atoms with Gasteiger partial charge in [0.05, 0.1) is 12.7 Å². The monoisotopic (exact) mass is 174 g/mol. The molecule has 1 heterocycles. The van der Waals surface area contributed by atoms with Crippen LogP contribution in [0.2, 0.25) is 0 Å². The summed E-state index contributed by atoms with van der Waals surface area (Å²) >= 11 is 0. The van der Waals surface area contributed by atoms with Crippen molar-refractivity contribution in [1.82, 2.24) is 0 Å². The fourth-order valence-electron chi connectivity index (χ4n) is 1.55. The summed E-state index contributed by atoms with van der Waals surface area (Å²) in [5.41, 5.74) is 0. The smallest absolute Gasteiger partial charge is 0.168 e. The molecule has 12 heavy (non-hydrogen) atoms. The molecule has 0 spiro atoms. The summed E-state index contributed by atoms with van der Waals surface area (Å²) in [6.45, 7) is 4.95. The van der Waals surface area contributed by atoms with Gasteiger partial charge in [0.25, 0.3) is 0 Å². The molecular formula is C9H18O3. The van der Waals surface area contributed by atoms with Crippen molar-refractivity contribution in [3.05, 3.63) is 0 Å². The van der Waals surface area contributed by atoms with Crippen molar-refractivity contribution >= 4 is 0 Å². The number of ether oxygens (including phenoxy) is 2. The lowest BCUT2D eigenvalue weighted by atomic mass is 10.1. The molecule has 0 aromatic carbocycles. The van der Waals surface area contributed by atoms with Crippen LogP contribution in [0.15, 0.2) is 0 Å². The molecule has 3 nitrogen and oxygen atoms in total. The van der Waals surface area contributed by atoms with Crippen molar-refractivity contribution in [3.63, 3.8) is 0 Å². The molecule has 0 aliphatic carbocycles. The van der Waals surface area contributed by atoms with Crippen molar-refractivity contribution in [2.75, 3.05) is 13.2 Å². The zero-order valence-corrected chi connectivity index (χ0v) is 7.88. The topological polar surface area (TPSA) is 38.7 Å². The molecule has 1 aliphatic heterocycles. The molecule has 1 saturated heterocycles. The van der Waals surface area contributed by atoms with Crippen molar-refractivity contribution in [2.45, 2.75) is 45.0 Å². The van der Waals surface area contributed by atoms with Crippen molar-refractivity contribution < 1.29 is 14.6 Å². The van der Waals surface area contributed by atoms with E-state index in [0.29, 0.717) is 6.61 Å². The van der Waals surface area contributed by atoms with Crippen LogP contribution in [-0.2, 0) is 9.47 Å². The summed E-state index contributed by atoms with van der Waals surface area (Å²) in [5, 5.41) is 8.69. The van der Waals surface area contributed by atoms with E-state index in [2.05, 4.69) is 6.92 Å². The predicted octanol–water partition coefficient (Wildman–Crippen LogP) is 1.30. The first-order chi connectivity index (χ1) is 5.72. The molecule has 2 unspecified atom stereocenters. The largest absolute Gasteiger partial charge is 0.396 e. The van der Waals surface area contributed by atoms with E-state index in [1.54, 1.807) is 0 Å². The average Bonchev–Trinajstić information content (AvgIpc) is 2.45. The van der Waals surface area contributed by atoms with Crippen molar-refractivity contribution in [2.24, 2.45) is 0 Å². The molecule has 0 bridgehead atoms. The summed E-state index contributed by atoms with van der Waals surface area (Å²) in [5.74, 6) is -0.401. The maximum Gasteiger partial charge on any atom is 0.168 e. The number of hydrogen-bond acceptors (Lipinski definition) is 3. The third kappa shape index (κ3) is 2.19. The highest BCUT2D eigenvalue weighted by molar-refractivity contribution is 4.75. The van der Waals surface area contributed by atoms with Crippen molar-refractivity contribution in [1.29, 1.82) is 0 Å². The average molecular weight is 174 g/mol. The fourth-order valence-corrected chi connectivity index (χ4v) is 1.55. The van der Waals surface area contributed by atoms with Crippen LogP contribution in [0.5, 0.6) is 0 Å². The summed E-state index contributed by atoms with van der Waals surface area (Å²) in [6, 6.07) is 0. The van der Waals surface area contributed by atoms with Gasteiger partial charge < -0.3 is 14.6 Å². The Balaban J connectivity index is 2.41. The molecule has 0 aromatic rings. The van der Waals surface area contributed by atoms with Crippen LogP contribution in [0.4, 0.5) is 0 Å². The minimum absolute atomic E-state index is 0.198. The number of hydrogen-bond donors (Lipinski definition) is 1. The van der Waals surface area contributed by atoms with Gasteiger partial charge in [0.15, 0.2) is 5.79 Å². The van der Waals surface area contributed by atoms with Gasteiger partial charge in [0.2, 0.25) is 0 Å². The second-order valence-electron chi connectivity index (χ2n) is 3.33. The van der Waals surface area contributed by atoms with Crippen LogP contribution in [0.3, 0.4) is 0 Å². The Morgan fingerprint density at radius 3 is 2.75 bits per heavy atom. The number of rotatable bonds is 4. The lowest BCUT2D eigenvalue weighted by Gasteiger charge is -2.25. The third-order valence-corrected chi connectivity index (χ3v) is 2.25. The molecule has 72 valence electrons. The molecule has 2 atom stereocenters. The number of aliphatic hydroxyl groups is 1. The van der Waals surface area contributed by atoms with E-state index < -0.39 is 5.79 Å². The summed E-state index contributed by atoms with van der Waals surface area (Å²) in [6.07, 6.45) is 2.60. The molecule has 1 aliphatic rings. The minimum atomic E-state index is -0.401. The molecule has 0 radical (unpaired) electrons. The van der Waals surface area contributed by atoms with E-state index in [1.165, 1.54) is 0 Å². The van der Waals surface area contributed by atoms with Gasteiger partial charge in [-0.15, -0.1) is 0 Å². The Hall–Kier alpha value is -0.120. The highest BCUT2D eigenvalue weighted by Crippen LogP contribution is 2.31. The summed E-state index contributed by atoms with van der Waals surface area (Å²) < 4.78 is 11.2. The lowest BCUT2D eigenvalue weighted by Crippen LogP contribution is -2.30. The van der Waals surface area contributed by atoms with Crippen LogP contribution in [0, 0.1) is 0 Å². The minimum Gasteiger partial charge on any atom is -0.396 e. The van der Waals surface area contributed by atoms with Gasteiger partial charge in [-0.2, -0.15) is 0 Å². The summed E-state index contributed by atoms with van der Waals surface area (Å²) in [4.78, 5) is 0. The Morgan fingerprint density at radius 1 is 1.58 bits per heavy atom. The van der Waals surface area contributed by atoms with Gasteiger partial charge in [0, 0.05) is 13.0 Å². The first-order valence-corrected chi connectivity index (χ1v) is 4.65. The quantitative estimate of drug-likeness (QED) is 0.698. The molecule has 0 aromatic heterocycles. The maximum absolute atomic E-state index is 8.69. The van der Waals surface area contributed by atoms with Crippen LogP contribution >= 0.6 is 0 Å². The molecule has 1 rings (SSSR count). The van der Waals surface area contributed by atoms with Gasteiger partial charge in [-0.1, -0.05) is 6.92 Å². The highest BCUT2D eigenvalue weighted by Gasteiger charge is 2.37. The van der Waals surface area contributed by atoms with Crippen molar-refractivity contribution in [3.8, 4) is 0 Å². The molecule has 0 saturated carbocycles. The van der Waals surface area contributed by atoms with Crippen LogP contribution in [-0.4, -0.2) is 30.2 Å². The Labute approximate surface area is 73.7 Å². The highest BCUT2D eigenvalue weighted by atomic mass is 16.7. The van der Waals surface area contributed by atoms with Gasteiger partial charge in [0.1, 0.15) is 0 Å². The second kappa shape index (κ2) is 4.21. The van der Waals surface area contributed by atoms with E-state index in [4.69, 9.17) is 14.6 Å². The normalized spacial score (nSPS) is 35.8. The molecule has 3 heteroatoms. The number of aliphatic hydroxyl groups excluding tert-OH is 1. The van der Waals surface area contributed by atoms with E-state index in [-0.39, 0.29) is 12.7 Å². The first kappa shape index (κ1) is 9.96. The van der Waals surface area contributed by atoms with E-state index in [1.807, 2.05) is 6.92 Å². The molecule has 0 amide bonds. The standard InChI is InChI=1S/C9H18O3/c1-3-9(5-4-6-10)11-7-8(2)12-9/h8,10H,3-7H2,1-2H3. The second-order valence-corrected chi connectivity index (χ2v) is 3.33. The third-order valence-electron chi connectivity index (χ3n) is 2.25. The molecular weight excluding hydrogens is 156 g/mol. The summed E-state index contributed by atoms with van der Waals surface area (Å²) in [7, 11) is 0. The van der Waals surface area contributed by atoms with Crippen LogP contribution in [0.25, 0.3) is 0 Å². The Kier molecular flexibility index (Phi) is 3.50. The zero-order chi connectivity index (χ0) is 9.03. The van der Waals surface area contributed by atoms with Gasteiger partial charge in [-0.3, -0.25) is 0 Å². The zero-order valence-electron chi connectivity index (χ0n) is 7.88. The predicted molar refractivity (Wildman–Crippen MR) is 45.8 cm³/mol. The van der Waals surface area contributed by atoms with Crippen LogP contribution in [0.1, 0.15) is 33.1 Å². The molecule has 1 N–H and O–H groups in total. The Morgan fingerprint density at radius 2 is 2.33 bits per heavy atom. The SMILES string of the molecule is CCC1(CCCO)OCC(C)O1. The van der Waals surface area contributed by atoms with Gasteiger partial charge >= 0.3 is 0 Å². The van der Waals surface area contributed by atoms with E-state index >= 15 is 0 Å². The van der Waals surface area contributed by atoms with E-state index in [0.717, 1.165) is 19.3 Å². The van der Waals surface area contributed by atoms with Gasteiger partial charge in [-0.05, 0) is 19.8 Å². The Bertz CT molecular complexity index is 138. The fraction of sp³-hybridized carbons (Fsp3) is 1.00. The van der Waals surface area contributed by atoms with Gasteiger partial charge in [-0.25, -0.2) is 0 Å². The first-order valence-electron chi connectivity index (χ1n) is 4.65.